The molecule has 0 bridgehead atoms. The van der Waals surface area contributed by atoms with E-state index in [1.807, 2.05) is 29.2 Å². The molecule has 1 saturated heterocycles. The van der Waals surface area contributed by atoms with Gasteiger partial charge in [-0.3, -0.25) is 9.59 Å². The fourth-order valence-corrected chi connectivity index (χ4v) is 4.23. The summed E-state index contributed by atoms with van der Waals surface area (Å²) in [6, 6.07) is 7.68. The van der Waals surface area contributed by atoms with Gasteiger partial charge >= 0.3 is 5.97 Å². The van der Waals surface area contributed by atoms with Crippen LogP contribution in [0, 0.1) is 11.3 Å². The first-order valence-corrected chi connectivity index (χ1v) is 8.80. The summed E-state index contributed by atoms with van der Waals surface area (Å²) in [5, 5.41) is 9.10. The Labute approximate surface area is 140 Å². The number of carbonyl (C=O) groups excluding carboxylic acids is 1. The number of nitrogens with zero attached hydrogens (tertiary/aromatic N) is 1. The minimum atomic E-state index is -0.682. The van der Waals surface area contributed by atoms with Crippen molar-refractivity contribution in [2.45, 2.75) is 24.2 Å². The van der Waals surface area contributed by atoms with Gasteiger partial charge in [0.25, 0.3) is 0 Å². The van der Waals surface area contributed by atoms with Gasteiger partial charge in [0.1, 0.15) is 5.75 Å². The molecule has 1 unspecified atom stereocenters. The van der Waals surface area contributed by atoms with Gasteiger partial charge < -0.3 is 14.7 Å². The van der Waals surface area contributed by atoms with Crippen LogP contribution in [0.15, 0.2) is 29.2 Å². The number of carboxylic acid groups (broad SMARTS) is 1. The summed E-state index contributed by atoms with van der Waals surface area (Å²) in [7, 11) is 1.63. The number of aliphatic carboxylic acids is 1. The van der Waals surface area contributed by atoms with Crippen molar-refractivity contribution in [1.82, 2.24) is 4.90 Å². The van der Waals surface area contributed by atoms with Crippen LogP contribution in [0.5, 0.6) is 5.75 Å². The number of hydrogen-bond donors (Lipinski definition) is 1. The van der Waals surface area contributed by atoms with Gasteiger partial charge in [0, 0.05) is 18.0 Å². The summed E-state index contributed by atoms with van der Waals surface area (Å²) in [4.78, 5) is 26.3. The molecule has 5 nitrogen and oxygen atoms in total. The summed E-state index contributed by atoms with van der Waals surface area (Å²) in [6.45, 7) is 1.36. The zero-order valence-corrected chi connectivity index (χ0v) is 14.0. The number of piperidine rings is 1. The minimum absolute atomic E-state index is 0.0252. The zero-order valence-electron chi connectivity index (χ0n) is 13.2. The summed E-state index contributed by atoms with van der Waals surface area (Å²) in [5.74, 6) is 0.447. The Bertz CT molecular complexity index is 610. The average molecular weight is 335 g/mol. The van der Waals surface area contributed by atoms with Gasteiger partial charge in [-0.25, -0.2) is 0 Å². The lowest BCUT2D eigenvalue weighted by atomic mass is 9.91. The lowest BCUT2D eigenvalue weighted by Crippen LogP contribution is -2.40. The van der Waals surface area contributed by atoms with E-state index in [0.29, 0.717) is 18.8 Å². The Morgan fingerprint density at radius 3 is 2.74 bits per heavy atom. The Balaban J connectivity index is 1.47. The van der Waals surface area contributed by atoms with Gasteiger partial charge in [0.05, 0.1) is 18.8 Å². The summed E-state index contributed by atoms with van der Waals surface area (Å²) in [5.41, 5.74) is -0.0252. The molecule has 2 fully saturated rings. The van der Waals surface area contributed by atoms with Crippen LogP contribution in [-0.4, -0.2) is 47.8 Å². The molecule has 1 heterocycles. The normalized spacial score (nSPS) is 22.0. The van der Waals surface area contributed by atoms with Crippen molar-refractivity contribution >= 4 is 23.6 Å². The van der Waals surface area contributed by atoms with Crippen LogP contribution in [0.1, 0.15) is 19.3 Å². The van der Waals surface area contributed by atoms with Crippen molar-refractivity contribution in [2.24, 2.45) is 11.3 Å². The second-order valence-corrected chi connectivity index (χ2v) is 7.35. The fraction of sp³-hybridized carbons (Fsp3) is 0.529. The van der Waals surface area contributed by atoms with E-state index >= 15 is 0 Å². The highest BCUT2D eigenvalue weighted by Crippen LogP contribution is 2.59. The number of likely N-dealkylation sites (tertiary alicyclic amines) is 1. The zero-order chi connectivity index (χ0) is 16.4. The molecular formula is C17H21NO4S. The average Bonchev–Trinajstić information content (AvgIpc) is 3.27. The minimum Gasteiger partial charge on any atom is -0.497 e. The molecule has 1 N–H and O–H groups in total. The lowest BCUT2D eigenvalue weighted by Gasteiger charge is -2.32. The highest BCUT2D eigenvalue weighted by Gasteiger charge is 2.59. The molecule has 1 amide bonds. The Kier molecular flexibility index (Phi) is 4.53. The number of thioether (sulfide) groups is 1. The molecule has 0 radical (unpaired) electrons. The maximum Gasteiger partial charge on any atom is 0.307 e. The van der Waals surface area contributed by atoms with E-state index in [0.717, 1.165) is 29.9 Å². The van der Waals surface area contributed by atoms with E-state index in [-0.39, 0.29) is 17.2 Å². The third-order valence-corrected chi connectivity index (χ3v) is 5.98. The molecule has 1 saturated carbocycles. The molecule has 23 heavy (non-hydrogen) atoms. The molecule has 2 aliphatic rings. The van der Waals surface area contributed by atoms with Crippen LogP contribution in [-0.2, 0) is 9.59 Å². The SMILES string of the molecule is COc1cccc(SCC(=O)N2CCC3(CC2)CC3C(=O)O)c1. The van der Waals surface area contributed by atoms with Crippen molar-refractivity contribution < 1.29 is 19.4 Å². The van der Waals surface area contributed by atoms with Gasteiger partial charge in [0.2, 0.25) is 5.91 Å². The summed E-state index contributed by atoms with van der Waals surface area (Å²) in [6.07, 6.45) is 2.42. The number of amides is 1. The second kappa shape index (κ2) is 6.43. The second-order valence-electron chi connectivity index (χ2n) is 6.31. The van der Waals surface area contributed by atoms with E-state index in [1.165, 1.54) is 11.8 Å². The first kappa shape index (κ1) is 16.2. The summed E-state index contributed by atoms with van der Waals surface area (Å²) < 4.78 is 5.18. The molecule has 3 rings (SSSR count). The standard InChI is InChI=1S/C17H21NO4S/c1-22-12-3-2-4-13(9-12)23-11-15(19)18-7-5-17(6-8-18)10-14(17)16(20)21/h2-4,9,14H,5-8,10-11H2,1H3,(H,20,21). The predicted molar refractivity (Wildman–Crippen MR) is 87.7 cm³/mol. The van der Waals surface area contributed by atoms with Crippen molar-refractivity contribution in [3.05, 3.63) is 24.3 Å². The fourth-order valence-electron chi connectivity index (χ4n) is 3.38. The molecule has 1 aliphatic carbocycles. The van der Waals surface area contributed by atoms with Crippen LogP contribution in [0.25, 0.3) is 0 Å². The van der Waals surface area contributed by atoms with E-state index < -0.39 is 5.97 Å². The van der Waals surface area contributed by atoms with E-state index in [1.54, 1.807) is 7.11 Å². The molecule has 0 aromatic heterocycles. The van der Waals surface area contributed by atoms with Gasteiger partial charge in [-0.2, -0.15) is 0 Å². The molecule has 1 aromatic carbocycles. The van der Waals surface area contributed by atoms with Crippen LogP contribution in [0.4, 0.5) is 0 Å². The van der Waals surface area contributed by atoms with Crippen molar-refractivity contribution in [2.75, 3.05) is 26.0 Å². The third-order valence-electron chi connectivity index (χ3n) is 5.00. The van der Waals surface area contributed by atoms with Gasteiger partial charge in [0.15, 0.2) is 0 Å². The molecule has 1 spiro atoms. The highest BCUT2D eigenvalue weighted by molar-refractivity contribution is 8.00. The van der Waals surface area contributed by atoms with Crippen LogP contribution in [0.2, 0.25) is 0 Å². The number of benzene rings is 1. The molecule has 1 atom stereocenters. The largest absolute Gasteiger partial charge is 0.497 e. The molecule has 1 aromatic rings. The van der Waals surface area contributed by atoms with E-state index in [4.69, 9.17) is 9.84 Å². The Morgan fingerprint density at radius 1 is 1.39 bits per heavy atom. The van der Waals surface area contributed by atoms with Crippen LogP contribution < -0.4 is 4.74 Å². The van der Waals surface area contributed by atoms with Crippen molar-refractivity contribution in [3.8, 4) is 5.75 Å². The Morgan fingerprint density at radius 2 is 2.13 bits per heavy atom. The molecular weight excluding hydrogens is 314 g/mol. The Hall–Kier alpha value is -1.69. The maximum atomic E-state index is 12.3. The monoisotopic (exact) mass is 335 g/mol. The van der Waals surface area contributed by atoms with E-state index in [2.05, 4.69) is 0 Å². The number of rotatable bonds is 5. The van der Waals surface area contributed by atoms with E-state index in [9.17, 15) is 9.59 Å². The van der Waals surface area contributed by atoms with Crippen molar-refractivity contribution in [3.63, 3.8) is 0 Å². The number of carboxylic acids is 1. The first-order valence-electron chi connectivity index (χ1n) is 7.81. The summed E-state index contributed by atoms with van der Waals surface area (Å²) >= 11 is 1.51. The first-order chi connectivity index (χ1) is 11.0. The molecule has 1 aliphatic heterocycles. The van der Waals surface area contributed by atoms with Crippen LogP contribution in [0.3, 0.4) is 0 Å². The molecule has 124 valence electrons. The predicted octanol–water partition coefficient (Wildman–Crippen LogP) is 2.50. The van der Waals surface area contributed by atoms with Gasteiger partial charge in [-0.1, -0.05) is 6.07 Å². The number of ether oxygens (including phenoxy) is 1. The third kappa shape index (κ3) is 3.47. The quantitative estimate of drug-likeness (QED) is 0.838. The topological polar surface area (TPSA) is 66.8 Å². The highest BCUT2D eigenvalue weighted by atomic mass is 32.2. The van der Waals surface area contributed by atoms with Crippen molar-refractivity contribution in [1.29, 1.82) is 0 Å². The van der Waals surface area contributed by atoms with Gasteiger partial charge in [-0.15, -0.1) is 11.8 Å². The van der Waals surface area contributed by atoms with Crippen LogP contribution >= 0.6 is 11.8 Å². The number of hydrogen-bond acceptors (Lipinski definition) is 4. The maximum absolute atomic E-state index is 12.3. The smallest absolute Gasteiger partial charge is 0.307 e. The van der Waals surface area contributed by atoms with Gasteiger partial charge in [-0.05, 0) is 42.9 Å². The molecule has 6 heteroatoms. The lowest BCUT2D eigenvalue weighted by molar-refractivity contribution is -0.139. The number of carbonyl (C=O) groups is 2. The number of methoxy groups -OCH3 is 1.